The number of carbonyl (C=O) groups excluding carboxylic acids is 2. The van der Waals surface area contributed by atoms with Crippen molar-refractivity contribution in [1.29, 1.82) is 0 Å². The molecule has 3 atom stereocenters. The number of pyridine rings is 1. The smallest absolute Gasteiger partial charge is 0.270 e. The van der Waals surface area contributed by atoms with E-state index in [2.05, 4.69) is 15.2 Å². The zero-order valence-electron chi connectivity index (χ0n) is 14.5. The predicted molar refractivity (Wildman–Crippen MR) is 93.5 cm³/mol. The molecule has 2 aliphatic heterocycles. The van der Waals surface area contributed by atoms with E-state index in [1.807, 2.05) is 0 Å². The fourth-order valence-electron chi connectivity index (χ4n) is 3.80. The Hall–Kier alpha value is -2.41. The zero-order valence-corrected chi connectivity index (χ0v) is 14.5. The van der Waals surface area contributed by atoms with Crippen LogP contribution in [0.5, 0.6) is 0 Å². The lowest BCUT2D eigenvalue weighted by molar-refractivity contribution is -0.116. The Morgan fingerprint density at radius 1 is 1.36 bits per heavy atom. The molecule has 0 aliphatic carbocycles. The number of anilines is 1. The van der Waals surface area contributed by atoms with Crippen molar-refractivity contribution in [3.63, 3.8) is 0 Å². The summed E-state index contributed by atoms with van der Waals surface area (Å²) in [4.78, 5) is 32.1. The maximum atomic E-state index is 12.6. The third kappa shape index (κ3) is 3.11. The first kappa shape index (κ1) is 16.1. The first-order valence-electron chi connectivity index (χ1n) is 8.66. The molecule has 0 aromatic carbocycles. The first-order chi connectivity index (χ1) is 12.0. The molecule has 1 N–H and O–H groups in total. The van der Waals surface area contributed by atoms with Crippen LogP contribution in [0, 0.1) is 5.92 Å². The van der Waals surface area contributed by atoms with Crippen molar-refractivity contribution in [1.82, 2.24) is 15.2 Å². The molecule has 0 saturated carbocycles. The summed E-state index contributed by atoms with van der Waals surface area (Å²) in [5.74, 6) is 0.871. The number of furan rings is 1. The summed E-state index contributed by atoms with van der Waals surface area (Å²) in [5.41, 5.74) is 0.930. The van der Waals surface area contributed by atoms with Gasteiger partial charge in [-0.15, -0.1) is 0 Å². The van der Waals surface area contributed by atoms with Gasteiger partial charge in [0.15, 0.2) is 5.58 Å². The number of hydrogen-bond acceptors (Lipinski definition) is 5. The van der Waals surface area contributed by atoms with Gasteiger partial charge in [-0.1, -0.05) is 0 Å². The molecule has 4 heterocycles. The SMILES string of the molecule is CC(=O)N(C)c1cc2cc(C(=O)NC3CC4CCN(C4)C3)ncc2o1. The number of nitrogens with one attached hydrogen (secondary N) is 1. The van der Waals surface area contributed by atoms with Gasteiger partial charge >= 0.3 is 0 Å². The van der Waals surface area contributed by atoms with Gasteiger partial charge in [0.25, 0.3) is 5.91 Å². The number of fused-ring (bicyclic) bond motifs is 3. The molecule has 7 heteroatoms. The van der Waals surface area contributed by atoms with Crippen LogP contribution in [0.2, 0.25) is 0 Å². The number of nitrogens with zero attached hydrogens (tertiary/aromatic N) is 3. The van der Waals surface area contributed by atoms with Crippen LogP contribution in [0.3, 0.4) is 0 Å². The molecular formula is C18H22N4O3. The van der Waals surface area contributed by atoms with Gasteiger partial charge in [0, 0.05) is 44.6 Å². The van der Waals surface area contributed by atoms with E-state index in [9.17, 15) is 9.59 Å². The topological polar surface area (TPSA) is 78.7 Å². The Morgan fingerprint density at radius 2 is 2.20 bits per heavy atom. The summed E-state index contributed by atoms with van der Waals surface area (Å²) in [7, 11) is 1.65. The third-order valence-electron chi connectivity index (χ3n) is 5.23. The van der Waals surface area contributed by atoms with Crippen molar-refractivity contribution in [3.8, 4) is 0 Å². The van der Waals surface area contributed by atoms with Gasteiger partial charge in [0.2, 0.25) is 11.8 Å². The quantitative estimate of drug-likeness (QED) is 0.917. The lowest BCUT2D eigenvalue weighted by atomic mass is 9.97. The zero-order chi connectivity index (χ0) is 17.6. The van der Waals surface area contributed by atoms with Crippen LogP contribution in [0.1, 0.15) is 30.3 Å². The molecule has 2 amide bonds. The number of carbonyl (C=O) groups is 2. The Morgan fingerprint density at radius 3 is 2.96 bits per heavy atom. The van der Waals surface area contributed by atoms with Gasteiger partial charge in [0.1, 0.15) is 5.69 Å². The molecule has 3 unspecified atom stereocenters. The van der Waals surface area contributed by atoms with E-state index in [1.54, 1.807) is 19.2 Å². The number of rotatable bonds is 3. The molecule has 2 fully saturated rings. The molecular weight excluding hydrogens is 320 g/mol. The predicted octanol–water partition coefficient (Wildman–Crippen LogP) is 1.63. The number of amides is 2. The maximum absolute atomic E-state index is 12.6. The van der Waals surface area contributed by atoms with Crippen LogP contribution in [-0.2, 0) is 4.79 Å². The van der Waals surface area contributed by atoms with Crippen molar-refractivity contribution in [3.05, 3.63) is 24.0 Å². The summed E-state index contributed by atoms with van der Waals surface area (Å²) < 4.78 is 5.62. The Balaban J connectivity index is 1.50. The van der Waals surface area contributed by atoms with Crippen molar-refractivity contribution in [2.45, 2.75) is 25.8 Å². The largest absolute Gasteiger partial charge is 0.438 e. The summed E-state index contributed by atoms with van der Waals surface area (Å²) in [6, 6.07) is 3.65. The van der Waals surface area contributed by atoms with Crippen LogP contribution in [0.4, 0.5) is 5.88 Å². The highest BCUT2D eigenvalue weighted by Crippen LogP contribution is 2.28. The molecule has 25 heavy (non-hydrogen) atoms. The highest BCUT2D eigenvalue weighted by Gasteiger charge is 2.33. The van der Waals surface area contributed by atoms with E-state index >= 15 is 0 Å². The van der Waals surface area contributed by atoms with Crippen molar-refractivity contribution in [2.75, 3.05) is 31.6 Å². The fourth-order valence-corrected chi connectivity index (χ4v) is 3.80. The second-order valence-electron chi connectivity index (χ2n) is 7.09. The minimum atomic E-state index is -0.155. The fraction of sp³-hybridized carbons (Fsp3) is 0.500. The number of aromatic nitrogens is 1. The van der Waals surface area contributed by atoms with Gasteiger partial charge in [-0.2, -0.15) is 0 Å². The molecule has 0 radical (unpaired) electrons. The van der Waals surface area contributed by atoms with Crippen LogP contribution < -0.4 is 10.2 Å². The third-order valence-corrected chi connectivity index (χ3v) is 5.23. The van der Waals surface area contributed by atoms with E-state index in [0.717, 1.165) is 31.4 Å². The molecule has 2 aromatic rings. The average Bonchev–Trinajstić information content (AvgIpc) is 3.16. The number of hydrogen-bond donors (Lipinski definition) is 1. The summed E-state index contributed by atoms with van der Waals surface area (Å²) in [6.45, 7) is 4.70. The molecule has 2 aliphatic rings. The Kier molecular flexibility index (Phi) is 3.95. The van der Waals surface area contributed by atoms with E-state index in [4.69, 9.17) is 4.42 Å². The standard InChI is InChI=1S/C18H22N4O3/c1-11(23)21(2)17-7-13-6-15(19-8-16(13)25-17)18(24)20-14-5-12-3-4-22(9-12)10-14/h6-8,12,14H,3-5,9-10H2,1-2H3,(H,20,24). The van der Waals surface area contributed by atoms with Crippen LogP contribution in [0.15, 0.2) is 22.7 Å². The summed E-state index contributed by atoms with van der Waals surface area (Å²) in [6.07, 6.45) is 3.82. The molecule has 2 aromatic heterocycles. The Bertz CT molecular complexity index is 819. The second-order valence-corrected chi connectivity index (χ2v) is 7.09. The van der Waals surface area contributed by atoms with Gasteiger partial charge < -0.3 is 14.6 Å². The number of piperidine rings is 1. The Labute approximate surface area is 146 Å². The van der Waals surface area contributed by atoms with Gasteiger partial charge in [-0.05, 0) is 31.4 Å². The lowest BCUT2D eigenvalue weighted by Gasteiger charge is -2.30. The lowest BCUT2D eigenvalue weighted by Crippen LogP contribution is -2.47. The molecule has 7 nitrogen and oxygen atoms in total. The monoisotopic (exact) mass is 342 g/mol. The van der Waals surface area contributed by atoms with Crippen LogP contribution in [0.25, 0.3) is 11.0 Å². The highest BCUT2D eigenvalue weighted by atomic mass is 16.4. The minimum absolute atomic E-state index is 0.119. The van der Waals surface area contributed by atoms with Crippen molar-refractivity contribution < 1.29 is 14.0 Å². The summed E-state index contributed by atoms with van der Waals surface area (Å²) in [5, 5.41) is 3.87. The van der Waals surface area contributed by atoms with E-state index < -0.39 is 0 Å². The van der Waals surface area contributed by atoms with E-state index in [1.165, 1.54) is 24.4 Å². The molecule has 4 rings (SSSR count). The second kappa shape index (κ2) is 6.15. The molecule has 2 saturated heterocycles. The summed E-state index contributed by atoms with van der Waals surface area (Å²) >= 11 is 0. The van der Waals surface area contributed by atoms with E-state index in [0.29, 0.717) is 23.1 Å². The van der Waals surface area contributed by atoms with Crippen molar-refractivity contribution in [2.24, 2.45) is 5.92 Å². The van der Waals surface area contributed by atoms with Gasteiger partial charge in [0.05, 0.1) is 6.20 Å². The average molecular weight is 342 g/mol. The van der Waals surface area contributed by atoms with Crippen LogP contribution in [-0.4, -0.2) is 54.4 Å². The normalized spacial score (nSPS) is 25.1. The van der Waals surface area contributed by atoms with Gasteiger partial charge in [-0.25, -0.2) is 4.98 Å². The molecule has 132 valence electrons. The first-order valence-corrected chi connectivity index (χ1v) is 8.66. The highest BCUT2D eigenvalue weighted by molar-refractivity contribution is 5.97. The minimum Gasteiger partial charge on any atom is -0.438 e. The van der Waals surface area contributed by atoms with Crippen LogP contribution >= 0.6 is 0 Å². The maximum Gasteiger partial charge on any atom is 0.270 e. The van der Waals surface area contributed by atoms with E-state index in [-0.39, 0.29) is 17.9 Å². The molecule has 2 bridgehead atoms. The van der Waals surface area contributed by atoms with Crippen molar-refractivity contribution >= 4 is 28.7 Å². The molecule has 0 spiro atoms. The van der Waals surface area contributed by atoms with Gasteiger partial charge in [-0.3, -0.25) is 14.5 Å².